The SMILES string of the molecule is Cc1ccc(C2CCNc3cc(C(N)=O)nn32)cc1F. The van der Waals surface area contributed by atoms with E-state index in [0.29, 0.717) is 5.56 Å². The second-order valence-electron chi connectivity index (χ2n) is 4.96. The summed E-state index contributed by atoms with van der Waals surface area (Å²) in [6.45, 7) is 2.47. The molecule has 2 heterocycles. The van der Waals surface area contributed by atoms with Crippen molar-refractivity contribution in [3.63, 3.8) is 0 Å². The van der Waals surface area contributed by atoms with Gasteiger partial charge in [-0.25, -0.2) is 9.07 Å². The molecule has 6 heteroatoms. The highest BCUT2D eigenvalue weighted by atomic mass is 19.1. The molecular weight excluding hydrogens is 259 g/mol. The molecule has 0 radical (unpaired) electrons. The first-order chi connectivity index (χ1) is 9.56. The fourth-order valence-electron chi connectivity index (χ4n) is 2.47. The normalized spacial score (nSPS) is 17.4. The highest BCUT2D eigenvalue weighted by Crippen LogP contribution is 2.30. The molecule has 0 aliphatic carbocycles. The van der Waals surface area contributed by atoms with Gasteiger partial charge in [0.1, 0.15) is 11.6 Å². The standard InChI is InChI=1S/C14H15FN4O/c1-8-2-3-9(6-10(8)15)12-4-5-17-13-7-11(14(16)20)18-19(12)13/h2-3,6-7,12,17H,4-5H2,1H3,(H2,16,20). The summed E-state index contributed by atoms with van der Waals surface area (Å²) in [7, 11) is 0. The van der Waals surface area contributed by atoms with Crippen molar-refractivity contribution >= 4 is 11.7 Å². The Morgan fingerprint density at radius 3 is 3.00 bits per heavy atom. The van der Waals surface area contributed by atoms with E-state index in [1.807, 2.05) is 6.07 Å². The number of carbonyl (C=O) groups excluding carboxylic acids is 1. The molecule has 0 saturated carbocycles. The number of primary amides is 1. The van der Waals surface area contributed by atoms with Gasteiger partial charge in [0.25, 0.3) is 5.91 Å². The fourth-order valence-corrected chi connectivity index (χ4v) is 2.47. The predicted octanol–water partition coefficient (Wildman–Crippen LogP) is 1.83. The molecule has 20 heavy (non-hydrogen) atoms. The molecule has 0 spiro atoms. The lowest BCUT2D eigenvalue weighted by atomic mass is 10.0. The van der Waals surface area contributed by atoms with E-state index >= 15 is 0 Å². The maximum absolute atomic E-state index is 13.7. The molecule has 2 aromatic rings. The van der Waals surface area contributed by atoms with Gasteiger partial charge in [-0.2, -0.15) is 5.10 Å². The lowest BCUT2D eigenvalue weighted by molar-refractivity contribution is 0.0994. The van der Waals surface area contributed by atoms with Crippen molar-refractivity contribution in [1.29, 1.82) is 0 Å². The van der Waals surface area contributed by atoms with E-state index in [2.05, 4.69) is 10.4 Å². The van der Waals surface area contributed by atoms with E-state index in [1.54, 1.807) is 23.7 Å². The lowest BCUT2D eigenvalue weighted by Crippen LogP contribution is -2.24. The summed E-state index contributed by atoms with van der Waals surface area (Å²) >= 11 is 0. The van der Waals surface area contributed by atoms with Gasteiger partial charge in [0.05, 0.1) is 6.04 Å². The van der Waals surface area contributed by atoms with E-state index in [1.165, 1.54) is 6.07 Å². The maximum atomic E-state index is 13.7. The van der Waals surface area contributed by atoms with Crippen molar-refractivity contribution in [1.82, 2.24) is 9.78 Å². The Balaban J connectivity index is 2.04. The monoisotopic (exact) mass is 274 g/mol. The van der Waals surface area contributed by atoms with Crippen LogP contribution in [0.5, 0.6) is 0 Å². The van der Waals surface area contributed by atoms with E-state index in [0.717, 1.165) is 24.3 Å². The van der Waals surface area contributed by atoms with Crippen LogP contribution >= 0.6 is 0 Å². The maximum Gasteiger partial charge on any atom is 0.269 e. The van der Waals surface area contributed by atoms with Crippen LogP contribution in [0, 0.1) is 12.7 Å². The molecule has 1 aromatic heterocycles. The minimum atomic E-state index is -0.567. The highest BCUT2D eigenvalue weighted by molar-refractivity contribution is 5.91. The van der Waals surface area contributed by atoms with Crippen molar-refractivity contribution in [3.05, 3.63) is 46.9 Å². The van der Waals surface area contributed by atoms with E-state index in [9.17, 15) is 9.18 Å². The average Bonchev–Trinajstić information content (AvgIpc) is 2.86. The van der Waals surface area contributed by atoms with Crippen LogP contribution < -0.4 is 11.1 Å². The molecular formula is C14H15FN4O. The minimum absolute atomic E-state index is 0.0885. The summed E-state index contributed by atoms with van der Waals surface area (Å²) in [5.41, 5.74) is 6.92. The zero-order chi connectivity index (χ0) is 14.3. The molecule has 3 N–H and O–H groups in total. The summed E-state index contributed by atoms with van der Waals surface area (Å²) in [5.74, 6) is -0.0663. The number of nitrogens with zero attached hydrogens (tertiary/aromatic N) is 2. The van der Waals surface area contributed by atoms with Gasteiger partial charge in [-0.05, 0) is 30.5 Å². The van der Waals surface area contributed by atoms with Gasteiger partial charge in [-0.1, -0.05) is 12.1 Å². The number of aryl methyl sites for hydroxylation is 1. The van der Waals surface area contributed by atoms with Crippen LogP contribution in [0.15, 0.2) is 24.3 Å². The minimum Gasteiger partial charge on any atom is -0.370 e. The Bertz CT molecular complexity index is 680. The number of anilines is 1. The number of nitrogens with two attached hydrogens (primary N) is 1. The number of amides is 1. The number of carbonyl (C=O) groups is 1. The van der Waals surface area contributed by atoms with Crippen LogP contribution in [-0.4, -0.2) is 22.2 Å². The van der Waals surface area contributed by atoms with Crippen LogP contribution in [0.2, 0.25) is 0 Å². The van der Waals surface area contributed by atoms with E-state index in [-0.39, 0.29) is 17.6 Å². The van der Waals surface area contributed by atoms with Crippen LogP contribution in [0.4, 0.5) is 10.2 Å². The molecule has 3 rings (SSSR count). The molecule has 1 unspecified atom stereocenters. The lowest BCUT2D eigenvalue weighted by Gasteiger charge is -2.26. The molecule has 1 amide bonds. The number of hydrogen-bond donors (Lipinski definition) is 2. The summed E-state index contributed by atoms with van der Waals surface area (Å²) < 4.78 is 15.4. The van der Waals surface area contributed by atoms with Crippen molar-refractivity contribution in [2.75, 3.05) is 11.9 Å². The number of fused-ring (bicyclic) bond motifs is 1. The Hall–Kier alpha value is -2.37. The largest absolute Gasteiger partial charge is 0.370 e. The molecule has 0 fully saturated rings. The van der Waals surface area contributed by atoms with E-state index in [4.69, 9.17) is 5.73 Å². The Morgan fingerprint density at radius 2 is 2.30 bits per heavy atom. The summed E-state index contributed by atoms with van der Waals surface area (Å²) in [5, 5.41) is 7.38. The van der Waals surface area contributed by atoms with Gasteiger partial charge in [0.2, 0.25) is 0 Å². The zero-order valence-electron chi connectivity index (χ0n) is 11.1. The molecule has 1 atom stereocenters. The Labute approximate surface area is 115 Å². The second-order valence-corrected chi connectivity index (χ2v) is 4.96. The van der Waals surface area contributed by atoms with Crippen molar-refractivity contribution < 1.29 is 9.18 Å². The number of nitrogens with one attached hydrogen (secondary N) is 1. The van der Waals surface area contributed by atoms with E-state index < -0.39 is 5.91 Å². The van der Waals surface area contributed by atoms with Gasteiger partial charge in [0.15, 0.2) is 5.69 Å². The fraction of sp³-hybridized carbons (Fsp3) is 0.286. The predicted molar refractivity (Wildman–Crippen MR) is 73.1 cm³/mol. The van der Waals surface area contributed by atoms with Gasteiger partial charge in [-0.3, -0.25) is 4.79 Å². The van der Waals surface area contributed by atoms with Crippen molar-refractivity contribution in [3.8, 4) is 0 Å². The van der Waals surface area contributed by atoms with Crippen LogP contribution in [0.25, 0.3) is 0 Å². The Kier molecular flexibility index (Phi) is 2.93. The zero-order valence-corrected chi connectivity index (χ0v) is 11.1. The smallest absolute Gasteiger partial charge is 0.269 e. The van der Waals surface area contributed by atoms with Crippen LogP contribution in [-0.2, 0) is 0 Å². The van der Waals surface area contributed by atoms with Crippen LogP contribution in [0.3, 0.4) is 0 Å². The number of benzene rings is 1. The molecule has 5 nitrogen and oxygen atoms in total. The van der Waals surface area contributed by atoms with Crippen molar-refractivity contribution in [2.45, 2.75) is 19.4 Å². The summed E-state index contributed by atoms with van der Waals surface area (Å²) in [4.78, 5) is 11.2. The summed E-state index contributed by atoms with van der Waals surface area (Å²) in [6.07, 6.45) is 0.773. The third kappa shape index (κ3) is 2.03. The first-order valence-electron chi connectivity index (χ1n) is 6.45. The quantitative estimate of drug-likeness (QED) is 0.877. The van der Waals surface area contributed by atoms with Crippen molar-refractivity contribution in [2.24, 2.45) is 5.73 Å². The topological polar surface area (TPSA) is 72.9 Å². The van der Waals surface area contributed by atoms with Gasteiger partial charge < -0.3 is 11.1 Å². The number of rotatable bonds is 2. The van der Waals surface area contributed by atoms with Gasteiger partial charge in [-0.15, -0.1) is 0 Å². The average molecular weight is 274 g/mol. The first-order valence-corrected chi connectivity index (χ1v) is 6.45. The molecule has 1 aliphatic heterocycles. The van der Waals surface area contributed by atoms with Gasteiger partial charge in [0, 0.05) is 12.6 Å². The van der Waals surface area contributed by atoms with Gasteiger partial charge >= 0.3 is 0 Å². The molecule has 0 bridgehead atoms. The first kappa shape index (κ1) is 12.7. The van der Waals surface area contributed by atoms with Crippen LogP contribution in [0.1, 0.15) is 34.1 Å². The highest BCUT2D eigenvalue weighted by Gasteiger charge is 2.24. The molecule has 1 aromatic carbocycles. The molecule has 104 valence electrons. The Morgan fingerprint density at radius 1 is 1.50 bits per heavy atom. The third-order valence-electron chi connectivity index (χ3n) is 3.59. The second kappa shape index (κ2) is 4.63. The number of halogens is 1. The summed E-state index contributed by atoms with van der Waals surface area (Å²) in [6, 6.07) is 6.71. The molecule has 1 aliphatic rings. The number of hydrogen-bond acceptors (Lipinski definition) is 3. The molecule has 0 saturated heterocycles. The third-order valence-corrected chi connectivity index (χ3v) is 3.59. The number of aromatic nitrogens is 2.